The number of nitrogens with zero attached hydrogens (tertiary/aromatic N) is 2. The Morgan fingerprint density at radius 2 is 2.00 bits per heavy atom. The van der Waals surface area contributed by atoms with E-state index in [4.69, 9.17) is 4.74 Å². The molecule has 1 fully saturated rings. The molecule has 0 unspecified atom stereocenters. The third kappa shape index (κ3) is 7.09. The molecule has 1 saturated heterocycles. The molecule has 8 nitrogen and oxygen atoms in total. The van der Waals surface area contributed by atoms with Crippen molar-refractivity contribution in [1.82, 2.24) is 15.5 Å². The van der Waals surface area contributed by atoms with Gasteiger partial charge >= 0.3 is 6.09 Å². The van der Waals surface area contributed by atoms with Crippen molar-refractivity contribution in [3.8, 4) is 0 Å². The zero-order valence-corrected chi connectivity index (χ0v) is 17.0. The average molecular weight is 390 g/mol. The smallest absolute Gasteiger partial charge is 0.409 e. The molecule has 0 saturated carbocycles. The van der Waals surface area contributed by atoms with E-state index < -0.39 is 0 Å². The van der Waals surface area contributed by atoms with E-state index in [1.165, 1.54) is 6.92 Å². The summed E-state index contributed by atoms with van der Waals surface area (Å²) in [4.78, 5) is 29.4. The van der Waals surface area contributed by atoms with Crippen molar-refractivity contribution in [1.29, 1.82) is 0 Å². The van der Waals surface area contributed by atoms with Crippen LogP contribution in [0.15, 0.2) is 29.3 Å². The largest absolute Gasteiger partial charge is 0.450 e. The summed E-state index contributed by atoms with van der Waals surface area (Å²) in [6, 6.07) is 7.92. The Balaban J connectivity index is 1.91. The first-order chi connectivity index (χ1) is 13.5. The fourth-order valence-electron chi connectivity index (χ4n) is 3.06. The monoisotopic (exact) mass is 389 g/mol. The van der Waals surface area contributed by atoms with Crippen molar-refractivity contribution in [3.05, 3.63) is 29.8 Å². The topological polar surface area (TPSA) is 95.1 Å². The molecular formula is C20H31N5O3. The Morgan fingerprint density at radius 3 is 2.64 bits per heavy atom. The minimum atomic E-state index is -0.236. The Bertz CT molecular complexity index is 684. The molecule has 0 aliphatic carbocycles. The fourth-order valence-corrected chi connectivity index (χ4v) is 3.06. The van der Waals surface area contributed by atoms with E-state index in [1.54, 1.807) is 4.90 Å². The summed E-state index contributed by atoms with van der Waals surface area (Å²) in [6.45, 7) is 8.35. The summed E-state index contributed by atoms with van der Waals surface area (Å²) >= 11 is 0. The number of carbonyl (C=O) groups excluding carboxylic acids is 2. The van der Waals surface area contributed by atoms with Crippen molar-refractivity contribution in [3.63, 3.8) is 0 Å². The number of hydrogen-bond acceptors (Lipinski definition) is 4. The normalized spacial score (nSPS) is 15.1. The third-order valence-electron chi connectivity index (χ3n) is 4.37. The van der Waals surface area contributed by atoms with E-state index >= 15 is 0 Å². The summed E-state index contributed by atoms with van der Waals surface area (Å²) in [5.41, 5.74) is 1.78. The minimum Gasteiger partial charge on any atom is -0.450 e. The molecule has 0 aromatic heterocycles. The van der Waals surface area contributed by atoms with E-state index in [9.17, 15) is 9.59 Å². The van der Waals surface area contributed by atoms with Crippen molar-refractivity contribution in [2.75, 3.05) is 31.6 Å². The van der Waals surface area contributed by atoms with Crippen LogP contribution in [0.4, 0.5) is 10.5 Å². The lowest BCUT2D eigenvalue weighted by molar-refractivity contribution is -0.114. The molecule has 1 aliphatic rings. The molecule has 1 aromatic carbocycles. The number of anilines is 1. The van der Waals surface area contributed by atoms with Crippen LogP contribution in [0, 0.1) is 0 Å². The molecule has 2 amide bonds. The number of ether oxygens (including phenoxy) is 1. The molecule has 1 aliphatic heterocycles. The van der Waals surface area contributed by atoms with Crippen LogP contribution in [-0.2, 0) is 16.1 Å². The van der Waals surface area contributed by atoms with Gasteiger partial charge in [0, 0.05) is 38.3 Å². The number of likely N-dealkylation sites (tertiary alicyclic amines) is 1. The first-order valence-corrected chi connectivity index (χ1v) is 9.84. The zero-order chi connectivity index (χ0) is 20.4. The number of nitrogens with one attached hydrogen (secondary N) is 3. The number of benzene rings is 1. The SMILES string of the molecule is CCNC(=NCc1cccc(NC(C)=O)c1)NC1CCN(C(=O)OCC)CC1. The Morgan fingerprint density at radius 1 is 1.25 bits per heavy atom. The molecular weight excluding hydrogens is 358 g/mol. The molecule has 28 heavy (non-hydrogen) atoms. The van der Waals surface area contributed by atoms with Crippen LogP contribution >= 0.6 is 0 Å². The second kappa shape index (κ2) is 11.2. The summed E-state index contributed by atoms with van der Waals surface area (Å²) in [5, 5.41) is 9.51. The van der Waals surface area contributed by atoms with E-state index in [0.29, 0.717) is 26.2 Å². The van der Waals surface area contributed by atoms with Gasteiger partial charge in [-0.25, -0.2) is 9.79 Å². The van der Waals surface area contributed by atoms with Crippen molar-refractivity contribution >= 4 is 23.6 Å². The van der Waals surface area contributed by atoms with Gasteiger partial charge in [0.25, 0.3) is 0 Å². The van der Waals surface area contributed by atoms with Crippen molar-refractivity contribution in [2.45, 2.75) is 46.2 Å². The van der Waals surface area contributed by atoms with Gasteiger partial charge in [0.15, 0.2) is 5.96 Å². The predicted molar refractivity (Wildman–Crippen MR) is 110 cm³/mol. The van der Waals surface area contributed by atoms with Gasteiger partial charge in [0.2, 0.25) is 5.91 Å². The van der Waals surface area contributed by atoms with Crippen LogP contribution in [0.5, 0.6) is 0 Å². The van der Waals surface area contributed by atoms with Crippen LogP contribution in [0.25, 0.3) is 0 Å². The number of rotatable bonds is 6. The highest BCUT2D eigenvalue weighted by molar-refractivity contribution is 5.88. The van der Waals surface area contributed by atoms with Crippen LogP contribution in [0.1, 0.15) is 39.2 Å². The maximum Gasteiger partial charge on any atom is 0.409 e. The number of hydrogen-bond donors (Lipinski definition) is 3. The van der Waals surface area contributed by atoms with Crippen molar-refractivity contribution < 1.29 is 14.3 Å². The standard InChI is InChI=1S/C20H31N5O3/c1-4-21-19(22-14-16-7-6-8-18(13-16)23-15(3)26)24-17-9-11-25(12-10-17)20(27)28-5-2/h6-8,13,17H,4-5,9-12,14H2,1-3H3,(H,23,26)(H2,21,22,24). The lowest BCUT2D eigenvalue weighted by atomic mass is 10.1. The second-order valence-electron chi connectivity index (χ2n) is 6.68. The first kappa shape index (κ1) is 21.5. The fraction of sp³-hybridized carbons (Fsp3) is 0.550. The van der Waals surface area contributed by atoms with E-state index in [1.807, 2.05) is 38.1 Å². The molecule has 2 rings (SSSR count). The Kier molecular flexibility index (Phi) is 8.58. The van der Waals surface area contributed by atoms with E-state index in [-0.39, 0.29) is 18.0 Å². The molecule has 0 bridgehead atoms. The maximum absolute atomic E-state index is 11.8. The highest BCUT2D eigenvalue weighted by atomic mass is 16.6. The van der Waals surface area contributed by atoms with E-state index in [0.717, 1.165) is 36.6 Å². The molecule has 1 aromatic rings. The number of aliphatic imine (C=N–C) groups is 1. The number of piperidine rings is 1. The van der Waals surface area contributed by atoms with Gasteiger partial charge in [0.1, 0.15) is 0 Å². The highest BCUT2D eigenvalue weighted by Gasteiger charge is 2.24. The van der Waals surface area contributed by atoms with Crippen LogP contribution in [0.3, 0.4) is 0 Å². The molecule has 1 heterocycles. The quantitative estimate of drug-likeness (QED) is 0.513. The Labute approximate surface area is 166 Å². The predicted octanol–water partition coefficient (Wildman–Crippen LogP) is 2.32. The third-order valence-corrected chi connectivity index (χ3v) is 4.37. The van der Waals surface area contributed by atoms with Gasteiger partial charge in [-0.3, -0.25) is 4.79 Å². The molecule has 0 radical (unpaired) electrons. The summed E-state index contributed by atoms with van der Waals surface area (Å²) in [6.07, 6.45) is 1.46. The summed E-state index contributed by atoms with van der Waals surface area (Å²) < 4.78 is 5.06. The van der Waals surface area contributed by atoms with Crippen LogP contribution in [0.2, 0.25) is 0 Å². The number of carbonyl (C=O) groups is 2. The van der Waals surface area contributed by atoms with Gasteiger partial charge in [-0.15, -0.1) is 0 Å². The lowest BCUT2D eigenvalue weighted by Crippen LogP contribution is -2.49. The van der Waals surface area contributed by atoms with Crippen LogP contribution in [-0.4, -0.2) is 55.1 Å². The van der Waals surface area contributed by atoms with Gasteiger partial charge in [-0.2, -0.15) is 0 Å². The summed E-state index contributed by atoms with van der Waals surface area (Å²) in [7, 11) is 0. The van der Waals surface area contributed by atoms with E-state index in [2.05, 4.69) is 20.9 Å². The van der Waals surface area contributed by atoms with Gasteiger partial charge in [0.05, 0.1) is 13.2 Å². The molecule has 3 N–H and O–H groups in total. The Hall–Kier alpha value is -2.77. The number of amides is 2. The average Bonchev–Trinajstić information content (AvgIpc) is 2.67. The zero-order valence-electron chi connectivity index (χ0n) is 17.0. The molecule has 154 valence electrons. The molecule has 0 atom stereocenters. The van der Waals surface area contributed by atoms with Crippen molar-refractivity contribution in [2.24, 2.45) is 4.99 Å². The highest BCUT2D eigenvalue weighted by Crippen LogP contribution is 2.13. The minimum absolute atomic E-state index is 0.0928. The number of guanidine groups is 1. The van der Waals surface area contributed by atoms with Gasteiger partial charge in [-0.05, 0) is 44.4 Å². The first-order valence-electron chi connectivity index (χ1n) is 9.84. The molecule has 0 spiro atoms. The molecule has 8 heteroatoms. The van der Waals surface area contributed by atoms with Gasteiger partial charge in [-0.1, -0.05) is 12.1 Å². The summed E-state index contributed by atoms with van der Waals surface area (Å²) in [5.74, 6) is 0.659. The maximum atomic E-state index is 11.8. The second-order valence-corrected chi connectivity index (χ2v) is 6.68. The van der Waals surface area contributed by atoms with Gasteiger partial charge < -0.3 is 25.6 Å². The van der Waals surface area contributed by atoms with Crippen LogP contribution < -0.4 is 16.0 Å². The lowest BCUT2D eigenvalue weighted by Gasteiger charge is -2.32.